The van der Waals surface area contributed by atoms with Crippen molar-refractivity contribution in [2.75, 3.05) is 7.11 Å². The van der Waals surface area contributed by atoms with Gasteiger partial charge in [-0.25, -0.2) is 9.78 Å². The van der Waals surface area contributed by atoms with Crippen molar-refractivity contribution < 1.29 is 19.1 Å². The summed E-state index contributed by atoms with van der Waals surface area (Å²) in [5, 5.41) is 4.81. The molecule has 7 rings (SSSR count). The number of amides is 2. The van der Waals surface area contributed by atoms with Crippen molar-refractivity contribution in [2.45, 2.75) is 51.4 Å². The van der Waals surface area contributed by atoms with E-state index in [2.05, 4.69) is 34.6 Å². The van der Waals surface area contributed by atoms with Crippen LogP contribution in [0.15, 0.2) is 42.5 Å². The van der Waals surface area contributed by atoms with Crippen LogP contribution in [0.5, 0.6) is 5.75 Å². The summed E-state index contributed by atoms with van der Waals surface area (Å²) >= 11 is 0. The Hall–Kier alpha value is -4.01. The average molecular weight is 520 g/mol. The van der Waals surface area contributed by atoms with Crippen LogP contribution in [0.1, 0.15) is 44.1 Å². The summed E-state index contributed by atoms with van der Waals surface area (Å²) in [5.41, 5.74) is 5.76. The molecule has 3 aromatic carbocycles. The SMILES string of the molecule is [B]c1ccc2c(c1)COc1cc3c(ccc4[nH]c([C@@H]5C[C@H]6C[C@H]6N5C(=O)[C@@H](NC(=O)OC)C(C)C)nc43)cc1-2. The molecule has 2 fully saturated rings. The number of nitrogens with one attached hydrogen (secondary N) is 2. The second-order valence-electron chi connectivity index (χ2n) is 11.3. The monoisotopic (exact) mass is 520 g/mol. The molecule has 9 heteroatoms. The van der Waals surface area contributed by atoms with E-state index in [0.717, 1.165) is 68.4 Å². The van der Waals surface area contributed by atoms with Crippen molar-refractivity contribution in [1.29, 1.82) is 0 Å². The Kier molecular flexibility index (Phi) is 5.41. The van der Waals surface area contributed by atoms with Gasteiger partial charge in [0.2, 0.25) is 5.91 Å². The fourth-order valence-electron chi connectivity index (χ4n) is 6.36. The summed E-state index contributed by atoms with van der Waals surface area (Å²) in [4.78, 5) is 36.2. The summed E-state index contributed by atoms with van der Waals surface area (Å²) in [6.07, 6.45) is 1.25. The van der Waals surface area contributed by atoms with Gasteiger partial charge in [-0.15, -0.1) is 0 Å². The zero-order chi connectivity index (χ0) is 27.0. The lowest BCUT2D eigenvalue weighted by atomic mass is 9.88. The summed E-state index contributed by atoms with van der Waals surface area (Å²) in [7, 11) is 7.30. The Morgan fingerprint density at radius 2 is 2.00 bits per heavy atom. The topological polar surface area (TPSA) is 96.6 Å². The Balaban J connectivity index is 1.26. The van der Waals surface area contributed by atoms with Gasteiger partial charge in [-0.3, -0.25) is 4.79 Å². The minimum Gasteiger partial charge on any atom is -0.488 e. The highest BCUT2D eigenvalue weighted by Gasteiger charge is 2.56. The van der Waals surface area contributed by atoms with E-state index in [0.29, 0.717) is 12.5 Å². The van der Waals surface area contributed by atoms with Crippen LogP contribution >= 0.6 is 0 Å². The van der Waals surface area contributed by atoms with Crippen molar-refractivity contribution in [2.24, 2.45) is 11.8 Å². The molecular formula is C30H29BN4O4. The van der Waals surface area contributed by atoms with Crippen LogP contribution in [0.2, 0.25) is 0 Å². The molecule has 4 aromatic rings. The molecule has 0 spiro atoms. The number of hydrogen-bond acceptors (Lipinski definition) is 5. The summed E-state index contributed by atoms with van der Waals surface area (Å²) in [6, 6.07) is 13.7. The maximum atomic E-state index is 13.8. The largest absolute Gasteiger partial charge is 0.488 e. The third-order valence-corrected chi connectivity index (χ3v) is 8.46. The molecule has 1 aliphatic carbocycles. The Labute approximate surface area is 227 Å². The smallest absolute Gasteiger partial charge is 0.407 e. The average Bonchev–Trinajstić information content (AvgIpc) is 3.37. The second-order valence-corrected chi connectivity index (χ2v) is 11.3. The van der Waals surface area contributed by atoms with Gasteiger partial charge >= 0.3 is 6.09 Å². The van der Waals surface area contributed by atoms with Crippen molar-refractivity contribution in [3.63, 3.8) is 0 Å². The molecule has 3 aliphatic rings. The Morgan fingerprint density at radius 1 is 1.15 bits per heavy atom. The van der Waals surface area contributed by atoms with E-state index in [4.69, 9.17) is 22.3 Å². The van der Waals surface area contributed by atoms with E-state index < -0.39 is 12.1 Å². The van der Waals surface area contributed by atoms with E-state index in [1.807, 2.05) is 36.9 Å². The molecule has 1 saturated carbocycles. The number of alkyl carbamates (subject to hydrolysis) is 1. The number of imidazole rings is 1. The second kappa shape index (κ2) is 8.76. The third kappa shape index (κ3) is 3.86. The molecular weight excluding hydrogens is 491 g/mol. The number of aromatic amines is 1. The van der Waals surface area contributed by atoms with Crippen LogP contribution in [0, 0.1) is 11.8 Å². The van der Waals surface area contributed by atoms with Gasteiger partial charge in [0.15, 0.2) is 0 Å². The number of nitrogens with zero attached hydrogens (tertiary/aromatic N) is 2. The van der Waals surface area contributed by atoms with Crippen LogP contribution in [0.25, 0.3) is 32.9 Å². The first-order valence-corrected chi connectivity index (χ1v) is 13.5. The first-order chi connectivity index (χ1) is 18.8. The fourth-order valence-corrected chi connectivity index (χ4v) is 6.36. The third-order valence-electron chi connectivity index (χ3n) is 8.46. The van der Waals surface area contributed by atoms with E-state index in [9.17, 15) is 9.59 Å². The van der Waals surface area contributed by atoms with Gasteiger partial charge in [-0.05, 0) is 59.4 Å². The predicted molar refractivity (Wildman–Crippen MR) is 149 cm³/mol. The van der Waals surface area contributed by atoms with E-state index >= 15 is 0 Å². The van der Waals surface area contributed by atoms with Gasteiger partial charge < -0.3 is 24.7 Å². The predicted octanol–water partition coefficient (Wildman–Crippen LogP) is 4.11. The lowest BCUT2D eigenvalue weighted by Crippen LogP contribution is -2.52. The maximum absolute atomic E-state index is 13.8. The van der Waals surface area contributed by atoms with Crippen molar-refractivity contribution in [1.82, 2.24) is 20.2 Å². The zero-order valence-corrected chi connectivity index (χ0v) is 22.2. The van der Waals surface area contributed by atoms with E-state index in [-0.39, 0.29) is 23.9 Å². The molecule has 2 radical (unpaired) electrons. The number of likely N-dealkylation sites (tertiary alicyclic amines) is 1. The molecule has 2 amide bonds. The molecule has 1 saturated heterocycles. The molecule has 0 bridgehead atoms. The standard InChI is InChI=1S/C30H29BN4O4/c1-14(2)26(34-30(37)38-3)29(36)35-23-10-16(23)11-24(35)28-32-22-7-4-15-9-21-19-6-5-18(31)8-17(19)13-39-25(21)12-20(15)27(22)33-28/h4-9,12,14,16,23-24,26H,10-11,13H2,1-3H3,(H,32,33)(H,34,37)/t16-,23-,24+,26+/m1/s1. The summed E-state index contributed by atoms with van der Waals surface area (Å²) in [5.74, 6) is 1.90. The number of hydrogen-bond donors (Lipinski definition) is 2. The normalized spacial score (nSPS) is 21.7. The fraction of sp³-hybridized carbons (Fsp3) is 0.367. The van der Waals surface area contributed by atoms with Crippen LogP contribution in [0.4, 0.5) is 4.79 Å². The van der Waals surface area contributed by atoms with Gasteiger partial charge in [0.05, 0.1) is 24.2 Å². The molecule has 3 heterocycles. The Bertz CT molecular complexity index is 1660. The number of methoxy groups -OCH3 is 1. The van der Waals surface area contributed by atoms with Gasteiger partial charge in [-0.1, -0.05) is 43.6 Å². The van der Waals surface area contributed by atoms with Gasteiger partial charge in [0.1, 0.15) is 32.1 Å². The lowest BCUT2D eigenvalue weighted by molar-refractivity contribution is -0.136. The van der Waals surface area contributed by atoms with Gasteiger partial charge in [0, 0.05) is 17.0 Å². The molecule has 1 aromatic heterocycles. The summed E-state index contributed by atoms with van der Waals surface area (Å²) in [6.45, 7) is 4.33. The van der Waals surface area contributed by atoms with E-state index in [1.54, 1.807) is 0 Å². The molecule has 4 atom stereocenters. The van der Waals surface area contributed by atoms with Crippen molar-refractivity contribution >= 4 is 47.1 Å². The van der Waals surface area contributed by atoms with Gasteiger partial charge in [-0.2, -0.15) is 0 Å². The zero-order valence-electron chi connectivity index (χ0n) is 22.2. The lowest BCUT2D eigenvalue weighted by Gasteiger charge is -2.31. The highest BCUT2D eigenvalue weighted by molar-refractivity contribution is 6.32. The van der Waals surface area contributed by atoms with Crippen LogP contribution in [-0.2, 0) is 16.1 Å². The molecule has 8 nitrogen and oxygen atoms in total. The minimum atomic E-state index is -0.661. The maximum Gasteiger partial charge on any atom is 0.407 e. The Morgan fingerprint density at radius 3 is 2.79 bits per heavy atom. The number of carbonyl (C=O) groups excluding carboxylic acids is 2. The highest BCUT2D eigenvalue weighted by Crippen LogP contribution is 2.53. The first-order valence-electron chi connectivity index (χ1n) is 13.5. The number of aromatic nitrogens is 2. The quantitative estimate of drug-likeness (QED) is 0.395. The number of piperidine rings is 1. The molecule has 2 aliphatic heterocycles. The number of H-pyrrole nitrogens is 1. The molecule has 2 N–H and O–H groups in total. The number of benzene rings is 3. The van der Waals surface area contributed by atoms with E-state index in [1.165, 1.54) is 7.11 Å². The first kappa shape index (κ1) is 24.1. The highest BCUT2D eigenvalue weighted by atomic mass is 16.5. The van der Waals surface area contributed by atoms with Crippen molar-refractivity contribution in [3.8, 4) is 16.9 Å². The van der Waals surface area contributed by atoms with Crippen LogP contribution in [-0.4, -0.2) is 53.9 Å². The minimum absolute atomic E-state index is 0.0811. The summed E-state index contributed by atoms with van der Waals surface area (Å²) < 4.78 is 10.9. The van der Waals surface area contributed by atoms with Gasteiger partial charge in [0.25, 0.3) is 0 Å². The molecule has 0 unspecified atom stereocenters. The van der Waals surface area contributed by atoms with Crippen molar-refractivity contribution in [3.05, 3.63) is 53.9 Å². The number of ether oxygens (including phenoxy) is 2. The van der Waals surface area contributed by atoms with Crippen LogP contribution in [0.3, 0.4) is 0 Å². The number of carbonyl (C=O) groups is 2. The van der Waals surface area contributed by atoms with Crippen LogP contribution < -0.4 is 15.5 Å². The molecule has 39 heavy (non-hydrogen) atoms. The number of rotatable bonds is 4. The molecule has 196 valence electrons. The number of fused-ring (bicyclic) bond motifs is 7.